The number of thiocarbonyl (C=S) groups is 1. The highest BCUT2D eigenvalue weighted by Gasteiger charge is 2.16. The summed E-state index contributed by atoms with van der Waals surface area (Å²) in [5.41, 5.74) is 0.373. The van der Waals surface area contributed by atoms with Crippen LogP contribution >= 0.6 is 12.2 Å². The molecular weight excluding hydrogens is 222 g/mol. The van der Waals surface area contributed by atoms with E-state index < -0.39 is 11.7 Å². The molecule has 1 rings (SSSR count). The third-order valence-corrected chi connectivity index (χ3v) is 2.24. The second kappa shape index (κ2) is 5.25. The first kappa shape index (κ1) is 12.9. The van der Waals surface area contributed by atoms with Gasteiger partial charge in [0, 0.05) is 17.8 Å². The molecule has 0 bridgehead atoms. The van der Waals surface area contributed by atoms with Gasteiger partial charge in [0.05, 0.1) is 0 Å². The molecule has 0 saturated heterocycles. The normalized spacial score (nSPS) is 15.7. The first-order valence-corrected chi connectivity index (χ1v) is 5.57. The van der Waals surface area contributed by atoms with Crippen LogP contribution in [-0.4, -0.2) is 23.1 Å². The van der Waals surface area contributed by atoms with Gasteiger partial charge in [-0.25, -0.2) is 4.79 Å². The summed E-state index contributed by atoms with van der Waals surface area (Å²) in [6.07, 6.45) is 7.09. The lowest BCUT2D eigenvalue weighted by Crippen LogP contribution is -2.34. The Hall–Kier alpha value is -1.16. The van der Waals surface area contributed by atoms with Gasteiger partial charge in [0.1, 0.15) is 5.60 Å². The Kier molecular flexibility index (Phi) is 4.24. The van der Waals surface area contributed by atoms with Gasteiger partial charge in [-0.1, -0.05) is 24.4 Å². The number of alkyl carbamates (subject to hydrolysis) is 1. The molecule has 1 aliphatic rings. The lowest BCUT2D eigenvalue weighted by atomic mass is 10.1. The number of hydrogen-bond donors (Lipinski definition) is 1. The van der Waals surface area contributed by atoms with Crippen LogP contribution in [0.4, 0.5) is 4.79 Å². The fourth-order valence-corrected chi connectivity index (χ4v) is 1.38. The molecule has 0 saturated carbocycles. The molecule has 3 nitrogen and oxygen atoms in total. The van der Waals surface area contributed by atoms with Crippen LogP contribution in [0.3, 0.4) is 0 Å². The minimum Gasteiger partial charge on any atom is -0.444 e. The van der Waals surface area contributed by atoms with Crippen LogP contribution < -0.4 is 5.32 Å². The van der Waals surface area contributed by atoms with Crippen LogP contribution in [-0.2, 0) is 4.74 Å². The van der Waals surface area contributed by atoms with E-state index in [1.165, 1.54) is 0 Å². The summed E-state index contributed by atoms with van der Waals surface area (Å²) < 4.78 is 5.11. The lowest BCUT2D eigenvalue weighted by molar-refractivity contribution is 0.0533. The third-order valence-electron chi connectivity index (χ3n) is 1.82. The SMILES string of the molecule is CC(C)(C)OC(=O)NCC1=[C]C=CCC1=S. The van der Waals surface area contributed by atoms with E-state index in [9.17, 15) is 4.79 Å². The number of amides is 1. The second-order valence-corrected chi connectivity index (χ2v) is 5.00. The van der Waals surface area contributed by atoms with Crippen molar-refractivity contribution in [3.8, 4) is 0 Å². The zero-order chi connectivity index (χ0) is 12.2. The molecule has 0 fully saturated rings. The van der Waals surface area contributed by atoms with Crippen molar-refractivity contribution in [2.24, 2.45) is 0 Å². The van der Waals surface area contributed by atoms with E-state index in [1.54, 1.807) is 0 Å². The first-order valence-electron chi connectivity index (χ1n) is 5.16. The molecule has 0 unspecified atom stereocenters. The van der Waals surface area contributed by atoms with E-state index >= 15 is 0 Å². The number of carbonyl (C=O) groups excluding carboxylic acids is 1. The maximum Gasteiger partial charge on any atom is 0.407 e. The van der Waals surface area contributed by atoms with Crippen LogP contribution in [0.5, 0.6) is 0 Å². The highest BCUT2D eigenvalue weighted by Crippen LogP contribution is 2.09. The summed E-state index contributed by atoms with van der Waals surface area (Å²) in [5.74, 6) is 0. The largest absolute Gasteiger partial charge is 0.444 e. The van der Waals surface area contributed by atoms with Crippen molar-refractivity contribution < 1.29 is 9.53 Å². The zero-order valence-corrected chi connectivity index (χ0v) is 10.6. The summed E-state index contributed by atoms with van der Waals surface area (Å²) in [4.78, 5) is 12.2. The predicted octanol–water partition coefficient (Wildman–Crippen LogP) is 2.57. The van der Waals surface area contributed by atoms with Crippen molar-refractivity contribution in [2.75, 3.05) is 6.54 Å². The number of carbonyl (C=O) groups is 1. The standard InChI is InChI=1S/C12H16NO2S/c1-12(2,3)15-11(14)13-8-9-6-4-5-7-10(9)16/h4-5H,7-8H2,1-3H3,(H,13,14). The Labute approximate surface area is 102 Å². The maximum absolute atomic E-state index is 11.4. The van der Waals surface area contributed by atoms with Crippen LogP contribution in [0.2, 0.25) is 0 Å². The molecule has 0 heterocycles. The summed E-state index contributed by atoms with van der Waals surface area (Å²) >= 11 is 5.15. The van der Waals surface area contributed by atoms with E-state index in [2.05, 4.69) is 11.4 Å². The smallest absolute Gasteiger partial charge is 0.407 e. The fraction of sp³-hybridized carbons (Fsp3) is 0.500. The van der Waals surface area contributed by atoms with Gasteiger partial charge in [0.2, 0.25) is 0 Å². The van der Waals surface area contributed by atoms with Crippen molar-refractivity contribution in [2.45, 2.75) is 32.8 Å². The first-order chi connectivity index (χ1) is 7.38. The predicted molar refractivity (Wildman–Crippen MR) is 67.3 cm³/mol. The Balaban J connectivity index is 2.40. The number of hydrogen-bond acceptors (Lipinski definition) is 3. The molecule has 1 N–H and O–H groups in total. The second-order valence-electron chi connectivity index (χ2n) is 4.51. The van der Waals surface area contributed by atoms with E-state index in [0.717, 1.165) is 16.9 Å². The van der Waals surface area contributed by atoms with Crippen LogP contribution in [0.25, 0.3) is 0 Å². The molecule has 16 heavy (non-hydrogen) atoms. The molecular formula is C12H16NO2S. The summed E-state index contributed by atoms with van der Waals surface area (Å²) in [7, 11) is 0. The van der Waals surface area contributed by atoms with Crippen molar-refractivity contribution >= 4 is 23.2 Å². The van der Waals surface area contributed by atoms with Gasteiger partial charge < -0.3 is 10.1 Å². The number of nitrogens with one attached hydrogen (secondary N) is 1. The molecule has 0 spiro atoms. The van der Waals surface area contributed by atoms with Gasteiger partial charge in [-0.2, -0.15) is 0 Å². The third kappa shape index (κ3) is 4.57. The Morgan fingerprint density at radius 2 is 2.31 bits per heavy atom. The monoisotopic (exact) mass is 238 g/mol. The fourth-order valence-electron chi connectivity index (χ4n) is 1.15. The van der Waals surface area contributed by atoms with Gasteiger partial charge in [-0.05, 0) is 32.4 Å². The van der Waals surface area contributed by atoms with Gasteiger partial charge in [-0.15, -0.1) is 0 Å². The summed E-state index contributed by atoms with van der Waals surface area (Å²) in [6.45, 7) is 5.85. The van der Waals surface area contributed by atoms with Gasteiger partial charge in [0.25, 0.3) is 0 Å². The van der Waals surface area contributed by atoms with Crippen LogP contribution in [0.1, 0.15) is 27.2 Å². The highest BCUT2D eigenvalue weighted by molar-refractivity contribution is 7.80. The Morgan fingerprint density at radius 3 is 2.88 bits per heavy atom. The lowest BCUT2D eigenvalue weighted by Gasteiger charge is -2.20. The molecule has 87 valence electrons. The van der Waals surface area contributed by atoms with Gasteiger partial charge in [-0.3, -0.25) is 0 Å². The maximum atomic E-state index is 11.4. The van der Waals surface area contributed by atoms with Gasteiger partial charge in [0.15, 0.2) is 0 Å². The average molecular weight is 238 g/mol. The molecule has 1 radical (unpaired) electrons. The van der Waals surface area contributed by atoms with E-state index in [0.29, 0.717) is 6.54 Å². The Morgan fingerprint density at radius 1 is 1.62 bits per heavy atom. The van der Waals surface area contributed by atoms with Crippen molar-refractivity contribution in [1.29, 1.82) is 0 Å². The number of allylic oxidation sites excluding steroid dienone is 3. The quantitative estimate of drug-likeness (QED) is 0.751. The molecule has 0 aromatic rings. The van der Waals surface area contributed by atoms with Crippen LogP contribution in [0, 0.1) is 6.08 Å². The highest BCUT2D eigenvalue weighted by atomic mass is 32.1. The van der Waals surface area contributed by atoms with E-state index in [4.69, 9.17) is 17.0 Å². The van der Waals surface area contributed by atoms with E-state index in [-0.39, 0.29) is 0 Å². The van der Waals surface area contributed by atoms with Crippen molar-refractivity contribution in [1.82, 2.24) is 5.32 Å². The minimum atomic E-state index is -0.477. The van der Waals surface area contributed by atoms with Gasteiger partial charge >= 0.3 is 6.09 Å². The van der Waals surface area contributed by atoms with Crippen molar-refractivity contribution in [3.63, 3.8) is 0 Å². The molecule has 0 aromatic carbocycles. The molecule has 1 amide bonds. The van der Waals surface area contributed by atoms with Crippen molar-refractivity contribution in [3.05, 3.63) is 23.8 Å². The number of rotatable bonds is 2. The topological polar surface area (TPSA) is 38.3 Å². The molecule has 0 atom stereocenters. The molecule has 0 aromatic heterocycles. The minimum absolute atomic E-state index is 0.373. The number of ether oxygens (including phenoxy) is 1. The van der Waals surface area contributed by atoms with E-state index in [1.807, 2.05) is 32.9 Å². The zero-order valence-electron chi connectivity index (χ0n) is 9.79. The Bertz CT molecular complexity index is 351. The molecule has 1 aliphatic carbocycles. The summed E-state index contributed by atoms with van der Waals surface area (Å²) in [6, 6.07) is 0. The average Bonchev–Trinajstić information content (AvgIpc) is 2.14. The molecule has 0 aliphatic heterocycles. The summed E-state index contributed by atoms with van der Waals surface area (Å²) in [5, 5.41) is 2.66. The molecule has 4 heteroatoms. The van der Waals surface area contributed by atoms with Crippen LogP contribution in [0.15, 0.2) is 17.7 Å².